The monoisotopic (exact) mass is 179 g/mol. The minimum Gasteiger partial charge on any atom is -0.295 e. The van der Waals surface area contributed by atoms with Crippen LogP contribution in [0.1, 0.15) is 51.9 Å². The zero-order valence-corrected chi connectivity index (χ0v) is 8.76. The van der Waals surface area contributed by atoms with Gasteiger partial charge in [0.25, 0.3) is 0 Å². The van der Waals surface area contributed by atoms with Gasteiger partial charge >= 0.3 is 0 Å². The molecule has 0 aromatic carbocycles. The molecule has 3 rings (SSSR count). The molecular formula is C12H21N. The van der Waals surface area contributed by atoms with E-state index in [2.05, 4.69) is 11.8 Å². The standard InChI is InChI=1S/C12H21N/c1-10-3-4-11(9-10)13-8-7-12(13)5-2-6-12/h10-11H,2-9H2,1H3. The van der Waals surface area contributed by atoms with E-state index in [0.717, 1.165) is 17.5 Å². The maximum atomic E-state index is 2.86. The van der Waals surface area contributed by atoms with Crippen molar-refractivity contribution in [2.45, 2.75) is 63.5 Å². The summed E-state index contributed by atoms with van der Waals surface area (Å²) in [6, 6.07) is 0.976. The first-order chi connectivity index (χ1) is 6.30. The summed E-state index contributed by atoms with van der Waals surface area (Å²) in [4.78, 5) is 2.86. The summed E-state index contributed by atoms with van der Waals surface area (Å²) in [5, 5.41) is 0. The zero-order chi connectivity index (χ0) is 8.89. The van der Waals surface area contributed by atoms with Gasteiger partial charge in [-0.25, -0.2) is 0 Å². The highest BCUT2D eigenvalue weighted by Crippen LogP contribution is 2.50. The van der Waals surface area contributed by atoms with Gasteiger partial charge in [0.15, 0.2) is 0 Å². The Kier molecular flexibility index (Phi) is 1.74. The molecule has 2 saturated carbocycles. The van der Waals surface area contributed by atoms with Crippen LogP contribution in [-0.4, -0.2) is 23.0 Å². The molecule has 1 spiro atoms. The lowest BCUT2D eigenvalue weighted by atomic mass is 9.67. The molecule has 3 aliphatic rings. The van der Waals surface area contributed by atoms with E-state index in [9.17, 15) is 0 Å². The predicted molar refractivity (Wildman–Crippen MR) is 54.7 cm³/mol. The van der Waals surface area contributed by atoms with Crippen LogP contribution in [0.2, 0.25) is 0 Å². The molecule has 2 unspecified atom stereocenters. The molecular weight excluding hydrogens is 158 g/mol. The van der Waals surface area contributed by atoms with Gasteiger partial charge in [0.2, 0.25) is 0 Å². The fourth-order valence-electron chi connectivity index (χ4n) is 3.71. The highest BCUT2D eigenvalue weighted by atomic mass is 15.3. The van der Waals surface area contributed by atoms with Crippen molar-refractivity contribution in [1.29, 1.82) is 0 Å². The number of hydrogen-bond donors (Lipinski definition) is 0. The van der Waals surface area contributed by atoms with E-state index in [4.69, 9.17) is 0 Å². The van der Waals surface area contributed by atoms with Crippen molar-refractivity contribution in [3.63, 3.8) is 0 Å². The average Bonchev–Trinajstić information content (AvgIpc) is 2.30. The maximum Gasteiger partial charge on any atom is 0.0224 e. The van der Waals surface area contributed by atoms with E-state index in [1.165, 1.54) is 51.5 Å². The van der Waals surface area contributed by atoms with E-state index < -0.39 is 0 Å². The molecule has 1 heterocycles. The lowest BCUT2D eigenvalue weighted by molar-refractivity contribution is -0.100. The summed E-state index contributed by atoms with van der Waals surface area (Å²) in [6.45, 7) is 3.84. The Bertz CT molecular complexity index is 202. The molecule has 0 radical (unpaired) electrons. The van der Waals surface area contributed by atoms with E-state index in [1.54, 1.807) is 0 Å². The number of hydrogen-bond acceptors (Lipinski definition) is 1. The van der Waals surface area contributed by atoms with Crippen LogP contribution in [-0.2, 0) is 0 Å². The Hall–Kier alpha value is -0.0400. The van der Waals surface area contributed by atoms with Gasteiger partial charge < -0.3 is 0 Å². The van der Waals surface area contributed by atoms with Crippen LogP contribution in [0, 0.1) is 5.92 Å². The molecule has 3 fully saturated rings. The third kappa shape index (κ3) is 1.09. The third-order valence-corrected chi connectivity index (χ3v) is 4.82. The minimum atomic E-state index is 0.745. The maximum absolute atomic E-state index is 2.86. The van der Waals surface area contributed by atoms with Crippen LogP contribution in [0.5, 0.6) is 0 Å². The summed E-state index contributed by atoms with van der Waals surface area (Å²) < 4.78 is 0. The summed E-state index contributed by atoms with van der Waals surface area (Å²) >= 11 is 0. The van der Waals surface area contributed by atoms with Crippen molar-refractivity contribution in [2.75, 3.05) is 6.54 Å². The first kappa shape index (κ1) is 8.28. The smallest absolute Gasteiger partial charge is 0.0224 e. The van der Waals surface area contributed by atoms with Gasteiger partial charge in [-0.15, -0.1) is 0 Å². The quantitative estimate of drug-likeness (QED) is 0.598. The Balaban J connectivity index is 1.66. The molecule has 0 bridgehead atoms. The largest absolute Gasteiger partial charge is 0.295 e. The zero-order valence-electron chi connectivity index (χ0n) is 8.76. The van der Waals surface area contributed by atoms with Crippen molar-refractivity contribution >= 4 is 0 Å². The molecule has 0 N–H and O–H groups in total. The van der Waals surface area contributed by atoms with Gasteiger partial charge in [-0.1, -0.05) is 6.92 Å². The van der Waals surface area contributed by atoms with Gasteiger partial charge in [-0.05, 0) is 50.9 Å². The summed E-state index contributed by atoms with van der Waals surface area (Å²) in [5.41, 5.74) is 0.745. The van der Waals surface area contributed by atoms with Crippen LogP contribution < -0.4 is 0 Å². The second-order valence-electron chi connectivity index (χ2n) is 5.59. The molecule has 74 valence electrons. The molecule has 1 saturated heterocycles. The topological polar surface area (TPSA) is 3.24 Å². The average molecular weight is 179 g/mol. The fraction of sp³-hybridized carbons (Fsp3) is 1.00. The molecule has 1 heteroatoms. The summed E-state index contributed by atoms with van der Waals surface area (Å²) in [6.07, 6.45) is 10.5. The summed E-state index contributed by atoms with van der Waals surface area (Å²) in [7, 11) is 0. The Labute approximate surface area is 81.5 Å². The van der Waals surface area contributed by atoms with Crippen molar-refractivity contribution in [3.8, 4) is 0 Å². The molecule has 13 heavy (non-hydrogen) atoms. The lowest BCUT2D eigenvalue weighted by Gasteiger charge is -2.61. The highest BCUT2D eigenvalue weighted by molar-refractivity contribution is 5.08. The highest BCUT2D eigenvalue weighted by Gasteiger charge is 2.51. The lowest BCUT2D eigenvalue weighted by Crippen LogP contribution is -2.66. The van der Waals surface area contributed by atoms with Crippen LogP contribution in [0.15, 0.2) is 0 Å². The molecule has 2 atom stereocenters. The molecule has 2 aliphatic carbocycles. The molecule has 0 aromatic rings. The van der Waals surface area contributed by atoms with Crippen LogP contribution in [0.25, 0.3) is 0 Å². The van der Waals surface area contributed by atoms with E-state index in [-0.39, 0.29) is 0 Å². The normalized spacial score (nSPS) is 43.2. The van der Waals surface area contributed by atoms with Crippen molar-refractivity contribution in [3.05, 3.63) is 0 Å². The number of rotatable bonds is 1. The second-order valence-corrected chi connectivity index (χ2v) is 5.59. The van der Waals surface area contributed by atoms with E-state index >= 15 is 0 Å². The number of nitrogens with zero attached hydrogens (tertiary/aromatic N) is 1. The van der Waals surface area contributed by atoms with Crippen LogP contribution in [0.3, 0.4) is 0 Å². The SMILES string of the molecule is CC1CCC(N2CCC23CCC3)C1. The third-order valence-electron chi connectivity index (χ3n) is 4.82. The predicted octanol–water partition coefficient (Wildman–Crippen LogP) is 2.80. The minimum absolute atomic E-state index is 0.745. The first-order valence-electron chi connectivity index (χ1n) is 6.07. The fourth-order valence-corrected chi connectivity index (χ4v) is 3.71. The molecule has 1 aliphatic heterocycles. The Morgan fingerprint density at radius 1 is 1.15 bits per heavy atom. The molecule has 1 nitrogen and oxygen atoms in total. The first-order valence-corrected chi connectivity index (χ1v) is 6.07. The second kappa shape index (κ2) is 2.73. The van der Waals surface area contributed by atoms with Gasteiger partial charge in [-0.3, -0.25) is 4.90 Å². The van der Waals surface area contributed by atoms with Gasteiger partial charge in [-0.2, -0.15) is 0 Å². The summed E-state index contributed by atoms with van der Waals surface area (Å²) in [5.74, 6) is 1.00. The van der Waals surface area contributed by atoms with Crippen LogP contribution >= 0.6 is 0 Å². The van der Waals surface area contributed by atoms with Gasteiger partial charge in [0.1, 0.15) is 0 Å². The van der Waals surface area contributed by atoms with Crippen LogP contribution in [0.4, 0.5) is 0 Å². The van der Waals surface area contributed by atoms with E-state index in [0.29, 0.717) is 0 Å². The van der Waals surface area contributed by atoms with Gasteiger partial charge in [0.05, 0.1) is 0 Å². The van der Waals surface area contributed by atoms with Crippen molar-refractivity contribution < 1.29 is 0 Å². The molecule has 0 amide bonds. The van der Waals surface area contributed by atoms with Crippen molar-refractivity contribution in [2.24, 2.45) is 5.92 Å². The van der Waals surface area contributed by atoms with Gasteiger partial charge in [0, 0.05) is 18.1 Å². The molecule has 0 aromatic heterocycles. The Morgan fingerprint density at radius 2 is 2.00 bits per heavy atom. The van der Waals surface area contributed by atoms with E-state index in [1.807, 2.05) is 0 Å². The van der Waals surface area contributed by atoms with Crippen molar-refractivity contribution in [1.82, 2.24) is 4.90 Å². The number of likely N-dealkylation sites (tertiary alicyclic amines) is 1. The Morgan fingerprint density at radius 3 is 2.38 bits per heavy atom.